The maximum absolute atomic E-state index is 12.6. The van der Waals surface area contributed by atoms with E-state index in [0.29, 0.717) is 34.9 Å². The van der Waals surface area contributed by atoms with Gasteiger partial charge in [0.15, 0.2) is 16.6 Å². The molecule has 5 N–H and O–H groups in total. The average Bonchev–Trinajstić information content (AvgIpc) is 3.38. The molecule has 198 valence electrons. The van der Waals surface area contributed by atoms with Gasteiger partial charge in [-0.15, -0.1) is 0 Å². The Labute approximate surface area is 224 Å². The van der Waals surface area contributed by atoms with E-state index < -0.39 is 15.9 Å². The smallest absolute Gasteiger partial charge is 0.269 e. The van der Waals surface area contributed by atoms with Crippen LogP contribution in [0.1, 0.15) is 28.4 Å². The molecular formula is C25H25N5O6S2. The van der Waals surface area contributed by atoms with Crippen molar-refractivity contribution in [3.05, 3.63) is 83.4 Å². The van der Waals surface area contributed by atoms with Crippen LogP contribution in [0.3, 0.4) is 0 Å². The standard InChI is InChI=1S/C25H25N5O6S2/c1-16(31)28-20-7-9-21(10-8-20)38(33,34)27-14-17-2-5-19(6-3-17)24(32)29-30-25(37)26-13-18-4-11-22-23(12-18)36-15-35-22/h2-12,27H,13-15H2,1H3,(H,28,31)(H,29,32)(H2,26,30,37). The first-order valence-corrected chi connectivity index (χ1v) is 13.3. The van der Waals surface area contributed by atoms with E-state index in [4.69, 9.17) is 21.7 Å². The number of carbonyl (C=O) groups is 2. The first-order chi connectivity index (χ1) is 18.2. The van der Waals surface area contributed by atoms with E-state index in [0.717, 1.165) is 5.56 Å². The largest absolute Gasteiger partial charge is 0.454 e. The number of carbonyl (C=O) groups excluding carboxylic acids is 2. The van der Waals surface area contributed by atoms with Gasteiger partial charge in [0.1, 0.15) is 0 Å². The fraction of sp³-hybridized carbons (Fsp3) is 0.160. The van der Waals surface area contributed by atoms with Crippen LogP contribution >= 0.6 is 12.2 Å². The van der Waals surface area contributed by atoms with E-state index in [1.165, 1.54) is 31.2 Å². The summed E-state index contributed by atoms with van der Waals surface area (Å²) < 4.78 is 38.3. The van der Waals surface area contributed by atoms with Crippen molar-refractivity contribution >= 4 is 44.9 Å². The second-order valence-electron chi connectivity index (χ2n) is 8.18. The number of nitrogens with one attached hydrogen (secondary N) is 5. The van der Waals surface area contributed by atoms with Gasteiger partial charge in [-0.05, 0) is 71.9 Å². The third-order valence-electron chi connectivity index (χ3n) is 5.35. The summed E-state index contributed by atoms with van der Waals surface area (Å²) in [6.45, 7) is 2.02. The molecule has 0 spiro atoms. The summed E-state index contributed by atoms with van der Waals surface area (Å²) in [6.07, 6.45) is 0. The van der Waals surface area contributed by atoms with Crippen molar-refractivity contribution in [2.24, 2.45) is 0 Å². The van der Waals surface area contributed by atoms with Crippen LogP contribution in [0, 0.1) is 0 Å². The van der Waals surface area contributed by atoms with Crippen molar-refractivity contribution in [3.8, 4) is 11.5 Å². The quantitative estimate of drug-likeness (QED) is 0.208. The highest BCUT2D eigenvalue weighted by molar-refractivity contribution is 7.89. The summed E-state index contributed by atoms with van der Waals surface area (Å²) in [5, 5.41) is 5.80. The van der Waals surface area contributed by atoms with Gasteiger partial charge < -0.3 is 20.1 Å². The van der Waals surface area contributed by atoms with Gasteiger partial charge in [0.05, 0.1) is 4.90 Å². The van der Waals surface area contributed by atoms with Crippen LogP contribution in [0.4, 0.5) is 5.69 Å². The van der Waals surface area contributed by atoms with Gasteiger partial charge >= 0.3 is 0 Å². The lowest BCUT2D eigenvalue weighted by molar-refractivity contribution is -0.114. The van der Waals surface area contributed by atoms with Crippen LogP contribution in [0.15, 0.2) is 71.6 Å². The van der Waals surface area contributed by atoms with E-state index in [1.807, 2.05) is 18.2 Å². The number of amides is 2. The van der Waals surface area contributed by atoms with Crippen LogP contribution < -0.4 is 35.7 Å². The minimum Gasteiger partial charge on any atom is -0.454 e. The molecule has 0 atom stereocenters. The van der Waals surface area contributed by atoms with E-state index in [-0.39, 0.29) is 29.3 Å². The Morgan fingerprint density at radius 2 is 1.55 bits per heavy atom. The molecule has 11 nitrogen and oxygen atoms in total. The molecule has 1 aliphatic heterocycles. The number of hydrogen-bond acceptors (Lipinski definition) is 7. The second-order valence-corrected chi connectivity index (χ2v) is 10.4. The highest BCUT2D eigenvalue weighted by Gasteiger charge is 2.15. The highest BCUT2D eigenvalue weighted by Crippen LogP contribution is 2.32. The van der Waals surface area contributed by atoms with Gasteiger partial charge in [0, 0.05) is 31.3 Å². The minimum atomic E-state index is -3.76. The lowest BCUT2D eigenvalue weighted by Crippen LogP contribution is -2.46. The lowest BCUT2D eigenvalue weighted by atomic mass is 10.1. The number of anilines is 1. The maximum atomic E-state index is 12.6. The number of sulfonamides is 1. The summed E-state index contributed by atoms with van der Waals surface area (Å²) in [7, 11) is -3.76. The number of hydrogen-bond donors (Lipinski definition) is 5. The average molecular weight is 556 g/mol. The zero-order valence-corrected chi connectivity index (χ0v) is 21.9. The predicted molar refractivity (Wildman–Crippen MR) is 144 cm³/mol. The zero-order valence-electron chi connectivity index (χ0n) is 20.2. The van der Waals surface area contributed by atoms with E-state index >= 15 is 0 Å². The fourth-order valence-electron chi connectivity index (χ4n) is 3.42. The fourth-order valence-corrected chi connectivity index (χ4v) is 4.56. The molecule has 0 unspecified atom stereocenters. The Balaban J connectivity index is 1.22. The summed E-state index contributed by atoms with van der Waals surface area (Å²) in [4.78, 5) is 23.6. The van der Waals surface area contributed by atoms with Crippen molar-refractivity contribution in [2.45, 2.75) is 24.9 Å². The molecule has 0 saturated heterocycles. The Kier molecular flexibility index (Phi) is 8.41. The summed E-state index contributed by atoms with van der Waals surface area (Å²) in [6, 6.07) is 17.8. The van der Waals surface area contributed by atoms with Crippen LogP contribution in [-0.2, 0) is 27.9 Å². The van der Waals surface area contributed by atoms with E-state index in [9.17, 15) is 18.0 Å². The van der Waals surface area contributed by atoms with Crippen LogP contribution in [0.25, 0.3) is 0 Å². The summed E-state index contributed by atoms with van der Waals surface area (Å²) in [5.74, 6) is 0.706. The Hall–Kier alpha value is -4.20. The molecule has 4 rings (SSSR count). The molecule has 1 aliphatic rings. The second kappa shape index (κ2) is 11.9. The molecule has 0 aliphatic carbocycles. The number of hydrazine groups is 1. The number of benzene rings is 3. The molecule has 0 aromatic heterocycles. The van der Waals surface area contributed by atoms with Crippen LogP contribution in [-0.4, -0.2) is 32.1 Å². The van der Waals surface area contributed by atoms with E-state index in [1.54, 1.807) is 24.3 Å². The first-order valence-electron chi connectivity index (χ1n) is 11.4. The number of thiocarbonyl (C=S) groups is 1. The zero-order chi connectivity index (χ0) is 27.1. The Morgan fingerprint density at radius 1 is 0.868 bits per heavy atom. The molecule has 2 amide bonds. The molecule has 3 aromatic rings. The normalized spacial score (nSPS) is 11.9. The van der Waals surface area contributed by atoms with Crippen molar-refractivity contribution in [1.82, 2.24) is 20.9 Å². The minimum absolute atomic E-state index is 0.0315. The van der Waals surface area contributed by atoms with Gasteiger partial charge in [-0.2, -0.15) is 0 Å². The van der Waals surface area contributed by atoms with Crippen molar-refractivity contribution in [2.75, 3.05) is 12.1 Å². The van der Waals surface area contributed by atoms with Gasteiger partial charge in [0.2, 0.25) is 22.7 Å². The molecule has 3 aromatic carbocycles. The summed E-state index contributed by atoms with van der Waals surface area (Å²) >= 11 is 5.20. The van der Waals surface area contributed by atoms with Crippen molar-refractivity contribution in [3.63, 3.8) is 0 Å². The third-order valence-corrected chi connectivity index (χ3v) is 7.01. The lowest BCUT2D eigenvalue weighted by Gasteiger charge is -2.12. The van der Waals surface area contributed by atoms with Crippen molar-refractivity contribution < 1.29 is 27.5 Å². The van der Waals surface area contributed by atoms with Gasteiger partial charge in [-0.3, -0.25) is 20.4 Å². The molecular weight excluding hydrogens is 530 g/mol. The maximum Gasteiger partial charge on any atom is 0.269 e. The highest BCUT2D eigenvalue weighted by atomic mass is 32.2. The predicted octanol–water partition coefficient (Wildman–Crippen LogP) is 2.16. The number of fused-ring (bicyclic) bond motifs is 1. The monoisotopic (exact) mass is 555 g/mol. The molecule has 0 fully saturated rings. The Bertz CT molecular complexity index is 1440. The molecule has 13 heteroatoms. The molecule has 0 radical (unpaired) electrons. The molecule has 0 saturated carbocycles. The Morgan fingerprint density at radius 3 is 2.26 bits per heavy atom. The van der Waals surface area contributed by atoms with Gasteiger partial charge in [-0.1, -0.05) is 18.2 Å². The van der Waals surface area contributed by atoms with Crippen LogP contribution in [0.5, 0.6) is 11.5 Å². The molecule has 38 heavy (non-hydrogen) atoms. The van der Waals surface area contributed by atoms with Gasteiger partial charge in [-0.25, -0.2) is 13.1 Å². The van der Waals surface area contributed by atoms with Gasteiger partial charge in [0.25, 0.3) is 5.91 Å². The molecule has 1 heterocycles. The SMILES string of the molecule is CC(=O)Nc1ccc(S(=O)(=O)NCc2ccc(C(=O)NNC(=S)NCc3ccc4c(c3)OCO4)cc2)cc1. The number of rotatable bonds is 8. The van der Waals surface area contributed by atoms with E-state index in [2.05, 4.69) is 26.2 Å². The first kappa shape index (κ1) is 26.9. The summed E-state index contributed by atoms with van der Waals surface area (Å²) in [5.41, 5.74) is 7.61. The topological polar surface area (TPSA) is 147 Å². The third kappa shape index (κ3) is 7.18. The van der Waals surface area contributed by atoms with Crippen LogP contribution in [0.2, 0.25) is 0 Å². The van der Waals surface area contributed by atoms with Crippen molar-refractivity contribution in [1.29, 1.82) is 0 Å². The number of ether oxygens (including phenoxy) is 2. The molecule has 0 bridgehead atoms.